The number of hydrogen-bond acceptors (Lipinski definition) is 4. The van der Waals surface area contributed by atoms with Crippen LogP contribution in [0.2, 0.25) is 0 Å². The van der Waals surface area contributed by atoms with E-state index in [0.29, 0.717) is 5.56 Å². The van der Waals surface area contributed by atoms with Gasteiger partial charge in [-0.3, -0.25) is 19.7 Å². The number of aliphatic carboxylic acids is 1. The Morgan fingerprint density at radius 1 is 1.48 bits per heavy atom. The smallest absolute Gasteiger partial charge is 0.303 e. The van der Waals surface area contributed by atoms with Gasteiger partial charge in [0.25, 0.3) is 5.69 Å². The van der Waals surface area contributed by atoms with E-state index in [2.05, 4.69) is 5.32 Å². The second-order valence-corrected chi connectivity index (χ2v) is 4.63. The molecule has 112 valence electrons. The number of carbonyl (C=O) groups is 2. The quantitative estimate of drug-likeness (QED) is 0.452. The monoisotopic (exact) mass is 292 g/mol. The molecule has 1 atom stereocenters. The van der Waals surface area contributed by atoms with Gasteiger partial charge in [-0.25, -0.2) is 0 Å². The van der Waals surface area contributed by atoms with Gasteiger partial charge in [0.15, 0.2) is 0 Å². The summed E-state index contributed by atoms with van der Waals surface area (Å²) in [6.07, 6.45) is 2.70. The minimum absolute atomic E-state index is 0.0190. The number of nitro benzene ring substituents is 1. The van der Waals surface area contributed by atoms with Gasteiger partial charge in [0.1, 0.15) is 0 Å². The molecule has 0 saturated heterocycles. The first-order valence-electron chi connectivity index (χ1n) is 6.30. The molecular weight excluding hydrogens is 276 g/mol. The van der Waals surface area contributed by atoms with Crippen LogP contribution < -0.4 is 5.32 Å². The summed E-state index contributed by atoms with van der Waals surface area (Å²) in [4.78, 5) is 32.1. The maximum Gasteiger partial charge on any atom is 0.303 e. The molecule has 0 aliphatic heterocycles. The Morgan fingerprint density at radius 3 is 2.81 bits per heavy atom. The standard InChI is InChI=1S/C14H16N2O5/c1-10(7-14(18)19)9-15-13(17)6-5-11-3-2-4-12(8-11)16(20)21/h2-6,8,10H,7,9H2,1H3,(H,15,17)(H,18,19)/b6-5+. The van der Waals surface area contributed by atoms with Crippen molar-refractivity contribution in [3.05, 3.63) is 46.0 Å². The molecule has 0 aliphatic rings. The van der Waals surface area contributed by atoms with Crippen LogP contribution in [0.1, 0.15) is 18.9 Å². The molecule has 2 N–H and O–H groups in total. The van der Waals surface area contributed by atoms with Crippen molar-refractivity contribution in [3.63, 3.8) is 0 Å². The number of carboxylic acids is 1. The Balaban J connectivity index is 2.52. The summed E-state index contributed by atoms with van der Waals surface area (Å²) in [5.41, 5.74) is 0.491. The van der Waals surface area contributed by atoms with Crippen LogP contribution in [0.4, 0.5) is 5.69 Å². The zero-order valence-corrected chi connectivity index (χ0v) is 11.5. The van der Waals surface area contributed by atoms with Crippen LogP contribution >= 0.6 is 0 Å². The van der Waals surface area contributed by atoms with Crippen molar-refractivity contribution in [1.29, 1.82) is 0 Å². The normalized spacial score (nSPS) is 12.0. The van der Waals surface area contributed by atoms with Gasteiger partial charge >= 0.3 is 5.97 Å². The summed E-state index contributed by atoms with van der Waals surface area (Å²) in [6, 6.07) is 5.90. The molecule has 1 aromatic rings. The lowest BCUT2D eigenvalue weighted by molar-refractivity contribution is -0.384. The molecule has 0 saturated carbocycles. The molecule has 0 heterocycles. The fraction of sp³-hybridized carbons (Fsp3) is 0.286. The molecule has 0 bridgehead atoms. The average molecular weight is 292 g/mol. The summed E-state index contributed by atoms with van der Waals surface area (Å²) in [5.74, 6) is -1.46. The van der Waals surface area contributed by atoms with Gasteiger partial charge in [-0.05, 0) is 17.6 Å². The van der Waals surface area contributed by atoms with Crippen LogP contribution in [0.15, 0.2) is 30.3 Å². The highest BCUT2D eigenvalue weighted by molar-refractivity contribution is 5.91. The molecule has 7 heteroatoms. The van der Waals surface area contributed by atoms with Gasteiger partial charge in [-0.1, -0.05) is 19.1 Å². The van der Waals surface area contributed by atoms with Gasteiger partial charge in [-0.15, -0.1) is 0 Å². The Bertz CT molecular complexity index is 568. The van der Waals surface area contributed by atoms with E-state index < -0.39 is 10.9 Å². The summed E-state index contributed by atoms with van der Waals surface area (Å²) in [7, 11) is 0. The van der Waals surface area contributed by atoms with Crippen LogP contribution in [0.3, 0.4) is 0 Å². The van der Waals surface area contributed by atoms with Crippen LogP contribution in [0, 0.1) is 16.0 Å². The first-order chi connectivity index (χ1) is 9.88. The highest BCUT2D eigenvalue weighted by atomic mass is 16.6. The molecule has 21 heavy (non-hydrogen) atoms. The maximum absolute atomic E-state index is 11.5. The topological polar surface area (TPSA) is 110 Å². The minimum atomic E-state index is -0.913. The van der Waals surface area contributed by atoms with Crippen LogP contribution in [0.25, 0.3) is 6.08 Å². The number of rotatable bonds is 7. The second kappa shape index (κ2) is 7.78. The Hall–Kier alpha value is -2.70. The zero-order valence-electron chi connectivity index (χ0n) is 11.5. The zero-order chi connectivity index (χ0) is 15.8. The van der Waals surface area contributed by atoms with Crippen molar-refractivity contribution in [2.45, 2.75) is 13.3 Å². The van der Waals surface area contributed by atoms with Crippen LogP contribution in [-0.4, -0.2) is 28.5 Å². The predicted molar refractivity (Wildman–Crippen MR) is 76.6 cm³/mol. The van der Waals surface area contributed by atoms with E-state index in [-0.39, 0.29) is 30.5 Å². The van der Waals surface area contributed by atoms with E-state index in [9.17, 15) is 19.7 Å². The van der Waals surface area contributed by atoms with Gasteiger partial charge in [0.05, 0.1) is 4.92 Å². The van der Waals surface area contributed by atoms with Crippen molar-refractivity contribution in [1.82, 2.24) is 5.32 Å². The first kappa shape index (κ1) is 16.4. The SMILES string of the molecule is CC(CNC(=O)/C=C/c1cccc([N+](=O)[O-])c1)CC(=O)O. The molecule has 1 unspecified atom stereocenters. The molecule has 0 spiro atoms. The Labute approximate surface area is 121 Å². The Morgan fingerprint density at radius 2 is 2.19 bits per heavy atom. The summed E-state index contributed by atoms with van der Waals surface area (Å²) in [6.45, 7) is 1.98. The molecule has 0 fully saturated rings. The van der Waals surface area contributed by atoms with Crippen LogP contribution in [-0.2, 0) is 9.59 Å². The lowest BCUT2D eigenvalue weighted by atomic mass is 10.1. The number of benzene rings is 1. The van der Waals surface area contributed by atoms with Crippen molar-refractivity contribution >= 4 is 23.6 Å². The maximum atomic E-state index is 11.5. The number of amides is 1. The highest BCUT2D eigenvalue weighted by Crippen LogP contribution is 2.13. The van der Waals surface area contributed by atoms with E-state index in [1.807, 2.05) is 0 Å². The third-order valence-electron chi connectivity index (χ3n) is 2.66. The predicted octanol–water partition coefficient (Wildman–Crippen LogP) is 1.83. The molecule has 0 aliphatic carbocycles. The van der Waals surface area contributed by atoms with Gasteiger partial charge < -0.3 is 10.4 Å². The first-order valence-corrected chi connectivity index (χ1v) is 6.30. The van der Waals surface area contributed by atoms with E-state index in [0.717, 1.165) is 0 Å². The lowest BCUT2D eigenvalue weighted by Crippen LogP contribution is -2.27. The molecule has 1 amide bonds. The largest absolute Gasteiger partial charge is 0.481 e. The van der Waals surface area contributed by atoms with Gasteiger partial charge in [0, 0.05) is 31.2 Å². The molecule has 1 rings (SSSR count). The fourth-order valence-corrected chi connectivity index (χ4v) is 1.62. The molecule has 0 radical (unpaired) electrons. The second-order valence-electron chi connectivity index (χ2n) is 4.63. The van der Waals surface area contributed by atoms with Crippen molar-refractivity contribution in [2.24, 2.45) is 5.92 Å². The number of non-ortho nitro benzene ring substituents is 1. The number of carbonyl (C=O) groups excluding carboxylic acids is 1. The third-order valence-corrected chi connectivity index (χ3v) is 2.66. The van der Waals surface area contributed by atoms with E-state index >= 15 is 0 Å². The average Bonchev–Trinajstić information content (AvgIpc) is 2.42. The van der Waals surface area contributed by atoms with E-state index in [1.54, 1.807) is 13.0 Å². The lowest BCUT2D eigenvalue weighted by Gasteiger charge is -2.08. The number of nitrogens with zero attached hydrogens (tertiary/aromatic N) is 1. The fourth-order valence-electron chi connectivity index (χ4n) is 1.62. The van der Waals surface area contributed by atoms with Gasteiger partial charge in [-0.2, -0.15) is 0 Å². The summed E-state index contributed by atoms with van der Waals surface area (Å²) >= 11 is 0. The highest BCUT2D eigenvalue weighted by Gasteiger charge is 2.08. The molecule has 7 nitrogen and oxygen atoms in total. The summed E-state index contributed by atoms with van der Waals surface area (Å²) in [5, 5.41) is 21.8. The van der Waals surface area contributed by atoms with Crippen molar-refractivity contribution in [2.75, 3.05) is 6.54 Å². The molecule has 0 aromatic heterocycles. The number of nitrogens with one attached hydrogen (secondary N) is 1. The number of nitro groups is 1. The van der Waals surface area contributed by atoms with E-state index in [1.165, 1.54) is 30.4 Å². The van der Waals surface area contributed by atoms with Crippen molar-refractivity contribution in [3.8, 4) is 0 Å². The molecule has 1 aromatic carbocycles. The van der Waals surface area contributed by atoms with E-state index in [4.69, 9.17) is 5.11 Å². The number of carboxylic acid groups (broad SMARTS) is 1. The summed E-state index contributed by atoms with van der Waals surface area (Å²) < 4.78 is 0. The van der Waals surface area contributed by atoms with Crippen LogP contribution in [0.5, 0.6) is 0 Å². The number of hydrogen-bond donors (Lipinski definition) is 2. The third kappa shape index (κ3) is 6.33. The van der Waals surface area contributed by atoms with Gasteiger partial charge in [0.2, 0.25) is 5.91 Å². The Kier molecular flexibility index (Phi) is 6.06. The minimum Gasteiger partial charge on any atom is -0.481 e. The van der Waals surface area contributed by atoms with Crippen molar-refractivity contribution < 1.29 is 19.6 Å². The molecular formula is C14H16N2O5.